The van der Waals surface area contributed by atoms with Crippen LogP contribution < -0.4 is 10.2 Å². The van der Waals surface area contributed by atoms with E-state index in [1.54, 1.807) is 12.1 Å². The van der Waals surface area contributed by atoms with Gasteiger partial charge in [-0.15, -0.1) is 0 Å². The van der Waals surface area contributed by atoms with Gasteiger partial charge in [-0.1, -0.05) is 6.07 Å². The molecule has 1 atom stereocenters. The van der Waals surface area contributed by atoms with E-state index in [-0.39, 0.29) is 18.2 Å². The number of nitrogens with one attached hydrogen (secondary N) is 1. The van der Waals surface area contributed by atoms with Gasteiger partial charge in [0.15, 0.2) is 0 Å². The average Bonchev–Trinajstić information content (AvgIpc) is 2.39. The molecule has 3 rings (SSSR count). The highest BCUT2D eigenvalue weighted by molar-refractivity contribution is 6.01. The van der Waals surface area contributed by atoms with Crippen molar-refractivity contribution in [1.82, 2.24) is 5.32 Å². The number of halogens is 1. The molecule has 0 aliphatic carbocycles. The number of nitrogens with zero attached hydrogens (tertiary/aromatic N) is 1. The third kappa shape index (κ3) is 2.53. The average molecular weight is 290 g/mol. The molecular weight excluding hydrogens is 275 g/mol. The summed E-state index contributed by atoms with van der Waals surface area (Å²) >= 11 is 0. The number of anilines is 1. The summed E-state index contributed by atoms with van der Waals surface area (Å²) in [5, 5.41) is 2.23. The van der Waals surface area contributed by atoms with Gasteiger partial charge in [0.1, 0.15) is 12.1 Å². The minimum Gasteiger partial charge on any atom is -0.370 e. The van der Waals surface area contributed by atoms with Crippen LogP contribution in [-0.4, -0.2) is 31.2 Å². The lowest BCUT2D eigenvalue weighted by atomic mass is 9.89. The van der Waals surface area contributed by atoms with Gasteiger partial charge in [-0.2, -0.15) is 0 Å². The van der Waals surface area contributed by atoms with Crippen LogP contribution in [0.15, 0.2) is 18.2 Å². The van der Waals surface area contributed by atoms with E-state index in [2.05, 4.69) is 5.32 Å². The summed E-state index contributed by atoms with van der Waals surface area (Å²) in [6.45, 7) is 1.20. The minimum atomic E-state index is -0.615. The van der Waals surface area contributed by atoms with E-state index in [4.69, 9.17) is 0 Å². The van der Waals surface area contributed by atoms with Crippen molar-refractivity contribution < 1.29 is 18.8 Å². The fraction of sp³-hybridized carbons (Fsp3) is 0.400. The second-order valence-electron chi connectivity index (χ2n) is 5.51. The highest BCUT2D eigenvalue weighted by atomic mass is 19.1. The fourth-order valence-electron chi connectivity index (χ4n) is 2.80. The van der Waals surface area contributed by atoms with Crippen molar-refractivity contribution in [3.8, 4) is 0 Å². The second kappa shape index (κ2) is 5.27. The number of carbonyl (C=O) groups excluding carboxylic acids is 3. The van der Waals surface area contributed by atoms with Crippen LogP contribution in [0.25, 0.3) is 0 Å². The van der Waals surface area contributed by atoms with Gasteiger partial charge in [0.25, 0.3) is 0 Å². The van der Waals surface area contributed by atoms with Crippen molar-refractivity contribution in [3.05, 3.63) is 29.6 Å². The number of hydrogen-bond acceptors (Lipinski definition) is 4. The topological polar surface area (TPSA) is 66.5 Å². The summed E-state index contributed by atoms with van der Waals surface area (Å²) < 4.78 is 14.2. The van der Waals surface area contributed by atoms with Crippen molar-refractivity contribution in [3.63, 3.8) is 0 Å². The highest BCUT2D eigenvalue weighted by Crippen LogP contribution is 2.31. The molecule has 21 heavy (non-hydrogen) atoms. The van der Waals surface area contributed by atoms with Crippen LogP contribution in [0.5, 0.6) is 0 Å². The monoisotopic (exact) mass is 290 g/mol. The summed E-state index contributed by atoms with van der Waals surface area (Å²) in [4.78, 5) is 35.4. The molecule has 2 heterocycles. The van der Waals surface area contributed by atoms with Crippen LogP contribution in [-0.2, 0) is 14.4 Å². The molecule has 2 fully saturated rings. The lowest BCUT2D eigenvalue weighted by molar-refractivity contribution is -0.134. The first-order chi connectivity index (χ1) is 10.1. The van der Waals surface area contributed by atoms with Gasteiger partial charge in [-0.05, 0) is 18.6 Å². The van der Waals surface area contributed by atoms with Gasteiger partial charge in [-0.3, -0.25) is 14.9 Å². The molecule has 1 N–H and O–H groups in total. The van der Waals surface area contributed by atoms with E-state index in [0.717, 1.165) is 6.29 Å². The van der Waals surface area contributed by atoms with Crippen molar-refractivity contribution in [2.24, 2.45) is 5.92 Å². The van der Waals surface area contributed by atoms with Crippen LogP contribution in [0.2, 0.25) is 0 Å². The lowest BCUT2D eigenvalue weighted by Crippen LogP contribution is -2.47. The van der Waals surface area contributed by atoms with E-state index in [0.29, 0.717) is 30.8 Å². The van der Waals surface area contributed by atoms with E-state index < -0.39 is 17.6 Å². The van der Waals surface area contributed by atoms with E-state index >= 15 is 0 Å². The second-order valence-corrected chi connectivity index (χ2v) is 5.51. The standard InChI is InChI=1S/C15H15FN2O3/c16-13-5-10(18-6-9(7-18)8-19)1-2-11(13)12-3-4-14(20)17-15(12)21/h1-2,5,8-9,12H,3-4,6-7H2,(H,17,20,21). The third-order valence-corrected chi connectivity index (χ3v) is 4.07. The van der Waals surface area contributed by atoms with Crippen molar-refractivity contribution >= 4 is 23.8 Å². The van der Waals surface area contributed by atoms with Crippen LogP contribution in [0.3, 0.4) is 0 Å². The van der Waals surface area contributed by atoms with E-state index in [1.165, 1.54) is 6.07 Å². The molecule has 0 spiro atoms. The van der Waals surface area contributed by atoms with Gasteiger partial charge in [-0.25, -0.2) is 4.39 Å². The number of piperidine rings is 1. The number of aldehydes is 1. The molecule has 1 aromatic rings. The van der Waals surface area contributed by atoms with Crippen LogP contribution in [0.1, 0.15) is 24.3 Å². The molecule has 110 valence electrons. The molecule has 1 unspecified atom stereocenters. The maximum absolute atomic E-state index is 14.2. The molecule has 1 aromatic carbocycles. The number of imide groups is 1. The van der Waals surface area contributed by atoms with E-state index in [1.807, 2.05) is 4.90 Å². The molecule has 2 saturated heterocycles. The Morgan fingerprint density at radius 1 is 1.29 bits per heavy atom. The molecular formula is C15H15FN2O3. The number of rotatable bonds is 3. The maximum Gasteiger partial charge on any atom is 0.234 e. The Labute approximate surface area is 121 Å². The first-order valence-corrected chi connectivity index (χ1v) is 6.92. The van der Waals surface area contributed by atoms with Crippen LogP contribution in [0, 0.1) is 11.7 Å². The zero-order valence-corrected chi connectivity index (χ0v) is 11.3. The molecule has 0 bridgehead atoms. The molecule has 2 aliphatic rings. The third-order valence-electron chi connectivity index (χ3n) is 4.07. The summed E-state index contributed by atoms with van der Waals surface area (Å²) in [6.07, 6.45) is 1.47. The van der Waals surface area contributed by atoms with Crippen molar-refractivity contribution in [2.45, 2.75) is 18.8 Å². The summed E-state index contributed by atoms with van der Waals surface area (Å²) in [6, 6.07) is 4.74. The summed E-state index contributed by atoms with van der Waals surface area (Å²) in [5.41, 5.74) is 1.03. The minimum absolute atomic E-state index is 0.0165. The van der Waals surface area contributed by atoms with Crippen LogP contribution >= 0.6 is 0 Å². The van der Waals surface area contributed by atoms with Gasteiger partial charge < -0.3 is 9.69 Å². The number of amides is 2. The van der Waals surface area contributed by atoms with Crippen LogP contribution in [0.4, 0.5) is 10.1 Å². The Bertz CT molecular complexity index is 611. The molecule has 2 aliphatic heterocycles. The fourth-order valence-corrected chi connectivity index (χ4v) is 2.80. The van der Waals surface area contributed by atoms with Gasteiger partial charge in [0.2, 0.25) is 11.8 Å². The largest absolute Gasteiger partial charge is 0.370 e. The summed E-state index contributed by atoms with van der Waals surface area (Å²) in [7, 11) is 0. The Morgan fingerprint density at radius 3 is 2.67 bits per heavy atom. The predicted molar refractivity (Wildman–Crippen MR) is 73.3 cm³/mol. The quantitative estimate of drug-likeness (QED) is 0.665. The van der Waals surface area contributed by atoms with Gasteiger partial charge in [0, 0.05) is 36.7 Å². The van der Waals surface area contributed by atoms with Gasteiger partial charge in [0.05, 0.1) is 5.92 Å². The number of hydrogen-bond donors (Lipinski definition) is 1. The Balaban J connectivity index is 1.77. The Hall–Kier alpha value is -2.24. The zero-order chi connectivity index (χ0) is 15.0. The summed E-state index contributed by atoms with van der Waals surface area (Å²) in [5.74, 6) is -1.80. The first-order valence-electron chi connectivity index (χ1n) is 6.92. The Morgan fingerprint density at radius 2 is 2.05 bits per heavy atom. The SMILES string of the molecule is O=CC1CN(c2ccc(C3CCC(=O)NC3=O)c(F)c2)C1. The molecule has 0 radical (unpaired) electrons. The predicted octanol–water partition coefficient (Wildman–Crippen LogP) is 0.981. The number of benzene rings is 1. The van der Waals surface area contributed by atoms with Crippen molar-refractivity contribution in [2.75, 3.05) is 18.0 Å². The first kappa shape index (κ1) is 13.7. The molecule has 2 amide bonds. The maximum atomic E-state index is 14.2. The lowest BCUT2D eigenvalue weighted by Gasteiger charge is -2.38. The molecule has 0 saturated carbocycles. The normalized spacial score (nSPS) is 22.7. The molecule has 0 aromatic heterocycles. The highest BCUT2D eigenvalue weighted by Gasteiger charge is 2.31. The van der Waals surface area contributed by atoms with Crippen molar-refractivity contribution in [1.29, 1.82) is 0 Å². The number of carbonyl (C=O) groups is 3. The van der Waals surface area contributed by atoms with Gasteiger partial charge >= 0.3 is 0 Å². The molecule has 5 nitrogen and oxygen atoms in total. The Kier molecular flexibility index (Phi) is 3.45. The van der Waals surface area contributed by atoms with E-state index in [9.17, 15) is 18.8 Å². The molecule has 6 heteroatoms. The smallest absolute Gasteiger partial charge is 0.234 e. The zero-order valence-electron chi connectivity index (χ0n) is 11.3.